The van der Waals surface area contributed by atoms with Crippen molar-refractivity contribution in [3.8, 4) is 0 Å². The van der Waals surface area contributed by atoms with E-state index < -0.39 is 17.6 Å². The second kappa shape index (κ2) is 5.58. The van der Waals surface area contributed by atoms with E-state index in [0.717, 1.165) is 0 Å². The Morgan fingerprint density at radius 1 is 1.56 bits per heavy atom. The van der Waals surface area contributed by atoms with Crippen molar-refractivity contribution in [3.05, 3.63) is 11.9 Å². The molecule has 0 aliphatic carbocycles. The van der Waals surface area contributed by atoms with Gasteiger partial charge in [0.15, 0.2) is 0 Å². The predicted molar refractivity (Wildman–Crippen MR) is 60.4 cm³/mol. The lowest BCUT2D eigenvalue weighted by Gasteiger charge is -2.11. The molecule has 8 heteroatoms. The molecule has 1 aromatic rings. The summed E-state index contributed by atoms with van der Waals surface area (Å²) in [6.45, 7) is 4.75. The van der Waals surface area contributed by atoms with E-state index in [1.807, 2.05) is 5.32 Å². The zero-order chi connectivity index (χ0) is 13.8. The van der Waals surface area contributed by atoms with Gasteiger partial charge in [-0.25, -0.2) is 9.48 Å². The highest BCUT2D eigenvalue weighted by Crippen LogP contribution is 2.15. The summed E-state index contributed by atoms with van der Waals surface area (Å²) in [5, 5.41) is 19.1. The Balaban J connectivity index is 2.55. The molecule has 0 atom stereocenters. The average molecular weight is 256 g/mol. The van der Waals surface area contributed by atoms with Crippen LogP contribution in [0.25, 0.3) is 0 Å². The van der Waals surface area contributed by atoms with E-state index >= 15 is 0 Å². The van der Waals surface area contributed by atoms with E-state index in [-0.39, 0.29) is 13.2 Å². The first-order chi connectivity index (χ1) is 8.32. The molecule has 0 aromatic carbocycles. The van der Waals surface area contributed by atoms with Gasteiger partial charge in [-0.05, 0) is 20.8 Å². The lowest BCUT2D eigenvalue weighted by molar-refractivity contribution is -0.121. The number of hydrogen-bond donors (Lipinski definition) is 2. The fourth-order valence-electron chi connectivity index (χ4n) is 1.12. The number of nitrogens with zero attached hydrogens (tertiary/aromatic N) is 3. The topological polar surface area (TPSA) is 106 Å². The molecule has 0 aliphatic rings. The molecule has 0 spiro atoms. The number of aromatic nitrogens is 3. The molecule has 1 rings (SSSR count). The van der Waals surface area contributed by atoms with Crippen LogP contribution in [0.3, 0.4) is 0 Å². The van der Waals surface area contributed by atoms with Gasteiger partial charge in [-0.1, -0.05) is 5.21 Å². The van der Waals surface area contributed by atoms with Gasteiger partial charge in [0.1, 0.15) is 17.8 Å². The summed E-state index contributed by atoms with van der Waals surface area (Å²) in [5.41, 5.74) is -0.790. The van der Waals surface area contributed by atoms with Gasteiger partial charge in [-0.2, -0.15) is 0 Å². The number of aliphatic hydroxyl groups is 1. The Morgan fingerprint density at radius 2 is 2.22 bits per heavy atom. The third-order valence-electron chi connectivity index (χ3n) is 1.99. The van der Waals surface area contributed by atoms with Gasteiger partial charge in [-0.3, -0.25) is 10.1 Å². The van der Waals surface area contributed by atoms with Crippen molar-refractivity contribution in [1.29, 1.82) is 0 Å². The van der Waals surface area contributed by atoms with Crippen molar-refractivity contribution < 1.29 is 19.4 Å². The van der Waals surface area contributed by atoms with Crippen molar-refractivity contribution >= 4 is 12.0 Å². The minimum absolute atomic E-state index is 0.179. The second-order valence-electron chi connectivity index (χ2n) is 4.13. The van der Waals surface area contributed by atoms with Crippen molar-refractivity contribution in [2.45, 2.75) is 32.9 Å². The molecule has 1 aromatic heterocycles. The number of ether oxygens (including phenoxy) is 1. The maximum atomic E-state index is 11.4. The zero-order valence-electron chi connectivity index (χ0n) is 10.5. The first-order valence-corrected chi connectivity index (χ1v) is 5.42. The van der Waals surface area contributed by atoms with E-state index in [0.29, 0.717) is 5.69 Å². The summed E-state index contributed by atoms with van der Waals surface area (Å²) in [4.78, 5) is 22.4. The van der Waals surface area contributed by atoms with Gasteiger partial charge >= 0.3 is 6.09 Å². The maximum absolute atomic E-state index is 11.4. The Morgan fingerprint density at radius 3 is 2.72 bits per heavy atom. The van der Waals surface area contributed by atoms with Crippen LogP contribution in [0.1, 0.15) is 26.5 Å². The van der Waals surface area contributed by atoms with Crippen molar-refractivity contribution in [2.75, 3.05) is 6.61 Å². The lowest BCUT2D eigenvalue weighted by atomic mass is 10.1. The monoisotopic (exact) mass is 256 g/mol. The van der Waals surface area contributed by atoms with E-state index in [9.17, 15) is 14.7 Å². The molecule has 0 fully saturated rings. The molecule has 1 heterocycles. The molecular weight excluding hydrogens is 240 g/mol. The Kier molecular flexibility index (Phi) is 4.38. The largest absolute Gasteiger partial charge is 0.450 e. The van der Waals surface area contributed by atoms with Crippen LogP contribution in [0.2, 0.25) is 0 Å². The van der Waals surface area contributed by atoms with Crippen LogP contribution in [0.5, 0.6) is 0 Å². The van der Waals surface area contributed by atoms with Gasteiger partial charge in [-0.15, -0.1) is 5.10 Å². The van der Waals surface area contributed by atoms with Gasteiger partial charge < -0.3 is 9.84 Å². The number of rotatable bonds is 4. The number of carbonyl (C=O) groups excluding carboxylic acids is 2. The number of hydrogen-bond acceptors (Lipinski definition) is 6. The molecule has 0 bridgehead atoms. The Bertz CT molecular complexity index is 435. The number of amides is 2. The third-order valence-corrected chi connectivity index (χ3v) is 1.99. The van der Waals surface area contributed by atoms with Gasteiger partial charge in [0.25, 0.3) is 5.91 Å². The van der Waals surface area contributed by atoms with Crippen molar-refractivity contribution in [1.82, 2.24) is 20.3 Å². The average Bonchev–Trinajstić information content (AvgIpc) is 2.65. The molecule has 18 heavy (non-hydrogen) atoms. The summed E-state index contributed by atoms with van der Waals surface area (Å²) in [7, 11) is 0. The highest BCUT2D eigenvalue weighted by molar-refractivity contribution is 5.91. The summed E-state index contributed by atoms with van der Waals surface area (Å²) in [6.07, 6.45) is 0.635. The quantitative estimate of drug-likeness (QED) is 0.771. The SMILES string of the molecule is CCOC(=O)NC(=O)Cn1cc(C(C)(C)O)nn1. The molecule has 0 aliphatic heterocycles. The van der Waals surface area contributed by atoms with Crippen LogP contribution in [0.4, 0.5) is 4.79 Å². The third kappa shape index (κ3) is 4.13. The van der Waals surface area contributed by atoms with Crippen LogP contribution >= 0.6 is 0 Å². The second-order valence-corrected chi connectivity index (χ2v) is 4.13. The number of carbonyl (C=O) groups is 2. The first-order valence-electron chi connectivity index (χ1n) is 5.42. The highest BCUT2D eigenvalue weighted by Gasteiger charge is 2.20. The fraction of sp³-hybridized carbons (Fsp3) is 0.600. The smallest absolute Gasteiger partial charge is 0.413 e. The molecule has 2 N–H and O–H groups in total. The highest BCUT2D eigenvalue weighted by atomic mass is 16.5. The van der Waals surface area contributed by atoms with Crippen molar-refractivity contribution in [3.63, 3.8) is 0 Å². The molecule has 0 radical (unpaired) electrons. The summed E-state index contributed by atoms with van der Waals surface area (Å²) < 4.78 is 5.78. The molecule has 0 unspecified atom stereocenters. The molecule has 0 saturated carbocycles. The maximum Gasteiger partial charge on any atom is 0.413 e. The molecule has 2 amide bonds. The minimum Gasteiger partial charge on any atom is -0.450 e. The van der Waals surface area contributed by atoms with E-state index in [1.54, 1.807) is 20.8 Å². The minimum atomic E-state index is -1.13. The first kappa shape index (κ1) is 14.1. The van der Waals surface area contributed by atoms with Crippen molar-refractivity contribution in [2.24, 2.45) is 0 Å². The summed E-state index contributed by atoms with van der Waals surface area (Å²) >= 11 is 0. The van der Waals surface area contributed by atoms with Crippen LogP contribution in [0, 0.1) is 0 Å². The van der Waals surface area contributed by atoms with E-state index in [4.69, 9.17) is 0 Å². The Labute approximate surface area is 104 Å². The number of alkyl carbamates (subject to hydrolysis) is 1. The number of nitrogens with one attached hydrogen (secondary N) is 1. The van der Waals surface area contributed by atoms with E-state index in [1.165, 1.54) is 10.9 Å². The van der Waals surface area contributed by atoms with Crippen LogP contribution in [-0.2, 0) is 21.7 Å². The fourth-order valence-corrected chi connectivity index (χ4v) is 1.12. The van der Waals surface area contributed by atoms with Gasteiger partial charge in [0.2, 0.25) is 0 Å². The Hall–Kier alpha value is -1.96. The normalized spacial score (nSPS) is 11.1. The standard InChI is InChI=1S/C10H16N4O4/c1-4-18-9(16)11-8(15)6-14-5-7(12-13-14)10(2,3)17/h5,17H,4,6H2,1-3H3,(H,11,15,16). The molecule has 8 nitrogen and oxygen atoms in total. The van der Waals surface area contributed by atoms with Crippen LogP contribution in [0.15, 0.2) is 6.20 Å². The predicted octanol–water partition coefficient (Wildman–Crippen LogP) is -0.222. The summed E-state index contributed by atoms with van der Waals surface area (Å²) in [5.74, 6) is -0.569. The lowest BCUT2D eigenvalue weighted by Crippen LogP contribution is -2.33. The van der Waals surface area contributed by atoms with Gasteiger partial charge in [0, 0.05) is 0 Å². The zero-order valence-corrected chi connectivity index (χ0v) is 10.5. The molecular formula is C10H16N4O4. The number of imide groups is 1. The van der Waals surface area contributed by atoms with Crippen LogP contribution < -0.4 is 5.32 Å². The molecule has 0 saturated heterocycles. The summed E-state index contributed by atoms with van der Waals surface area (Å²) in [6, 6.07) is 0. The van der Waals surface area contributed by atoms with E-state index in [2.05, 4.69) is 15.0 Å². The van der Waals surface area contributed by atoms with Gasteiger partial charge in [0.05, 0.1) is 12.8 Å². The van der Waals surface area contributed by atoms with Crippen LogP contribution in [-0.4, -0.2) is 38.7 Å². The molecule has 100 valence electrons.